The Bertz CT molecular complexity index is 629. The maximum Gasteiger partial charge on any atom is 0.329 e. The number of nitrogens with two attached hydrogens (primary N) is 1. The van der Waals surface area contributed by atoms with Gasteiger partial charge in [-0.2, -0.15) is 0 Å². The third kappa shape index (κ3) is 2.91. The lowest BCUT2D eigenvalue weighted by molar-refractivity contribution is -0.389. The molecule has 0 radical (unpaired) electrons. The van der Waals surface area contributed by atoms with Crippen LogP contribution < -0.4 is 10.5 Å². The molecular formula is C12H16N2O5S. The van der Waals surface area contributed by atoms with Gasteiger partial charge in [-0.1, -0.05) is 6.07 Å². The number of para-hydroxylation sites is 1. The van der Waals surface area contributed by atoms with E-state index >= 15 is 0 Å². The molecule has 1 aliphatic rings. The normalized spacial score (nSPS) is 22.7. The highest BCUT2D eigenvalue weighted by molar-refractivity contribution is 7.90. The first-order valence-electron chi connectivity index (χ1n) is 6.20. The quantitative estimate of drug-likeness (QED) is 0.661. The van der Waals surface area contributed by atoms with Crippen LogP contribution in [0, 0.1) is 10.1 Å². The standard InChI is InChI=1S/C12H16N2O5S/c1-20(17,18)11-7-3-6-10(12(11)14(15)16)19-9-5-2-4-8(9)13/h3,6-9H,2,4-5,13H2,1H3. The van der Waals surface area contributed by atoms with Crippen LogP contribution in [0.1, 0.15) is 19.3 Å². The Morgan fingerprint density at radius 3 is 2.60 bits per heavy atom. The van der Waals surface area contributed by atoms with Crippen molar-refractivity contribution in [2.24, 2.45) is 5.73 Å². The van der Waals surface area contributed by atoms with Gasteiger partial charge < -0.3 is 10.5 Å². The minimum atomic E-state index is -3.70. The van der Waals surface area contributed by atoms with E-state index in [1.807, 2.05) is 0 Å². The molecule has 2 N–H and O–H groups in total. The van der Waals surface area contributed by atoms with Crippen molar-refractivity contribution in [1.82, 2.24) is 0 Å². The fraction of sp³-hybridized carbons (Fsp3) is 0.500. The summed E-state index contributed by atoms with van der Waals surface area (Å²) in [6.45, 7) is 0. The van der Waals surface area contributed by atoms with Crippen LogP contribution in [0.15, 0.2) is 23.1 Å². The molecule has 8 heteroatoms. The van der Waals surface area contributed by atoms with Gasteiger partial charge in [0.2, 0.25) is 0 Å². The van der Waals surface area contributed by atoms with E-state index in [-0.39, 0.29) is 22.8 Å². The molecule has 0 bridgehead atoms. The second-order valence-electron chi connectivity index (χ2n) is 4.88. The topological polar surface area (TPSA) is 113 Å². The minimum Gasteiger partial charge on any atom is -0.482 e. The first kappa shape index (κ1) is 14.7. The summed E-state index contributed by atoms with van der Waals surface area (Å²) in [5.74, 6) is -0.0414. The van der Waals surface area contributed by atoms with Crippen molar-refractivity contribution < 1.29 is 18.1 Å². The molecular weight excluding hydrogens is 284 g/mol. The van der Waals surface area contributed by atoms with Gasteiger partial charge in [-0.25, -0.2) is 8.42 Å². The lowest BCUT2D eigenvalue weighted by Crippen LogP contribution is -2.33. The number of sulfone groups is 1. The average Bonchev–Trinajstić information content (AvgIpc) is 2.73. The summed E-state index contributed by atoms with van der Waals surface area (Å²) < 4.78 is 28.8. The Morgan fingerprint density at radius 1 is 1.40 bits per heavy atom. The molecule has 2 unspecified atom stereocenters. The largest absolute Gasteiger partial charge is 0.482 e. The van der Waals surface area contributed by atoms with Gasteiger partial charge in [0, 0.05) is 12.3 Å². The van der Waals surface area contributed by atoms with Crippen LogP contribution in [0.3, 0.4) is 0 Å². The Labute approximate surface area is 116 Å². The zero-order valence-corrected chi connectivity index (χ0v) is 11.8. The van der Waals surface area contributed by atoms with Crippen molar-refractivity contribution in [1.29, 1.82) is 0 Å². The second kappa shape index (κ2) is 5.37. The van der Waals surface area contributed by atoms with Gasteiger partial charge in [-0.3, -0.25) is 10.1 Å². The molecule has 1 aromatic carbocycles. The minimum absolute atomic E-state index is 0.0414. The molecule has 2 atom stereocenters. The summed E-state index contributed by atoms with van der Waals surface area (Å²) in [7, 11) is -3.70. The van der Waals surface area contributed by atoms with Crippen LogP contribution in [0.5, 0.6) is 5.75 Å². The van der Waals surface area contributed by atoms with Crippen molar-refractivity contribution in [3.05, 3.63) is 28.3 Å². The van der Waals surface area contributed by atoms with E-state index in [2.05, 4.69) is 0 Å². The van der Waals surface area contributed by atoms with Crippen LogP contribution in [-0.2, 0) is 9.84 Å². The van der Waals surface area contributed by atoms with Crippen molar-refractivity contribution in [2.75, 3.05) is 6.26 Å². The van der Waals surface area contributed by atoms with Gasteiger partial charge >= 0.3 is 5.69 Å². The SMILES string of the molecule is CS(=O)(=O)c1cccc(OC2CCCC2N)c1[N+](=O)[O-]. The van der Waals surface area contributed by atoms with Gasteiger partial charge in [0.25, 0.3) is 0 Å². The molecule has 1 saturated carbocycles. The fourth-order valence-electron chi connectivity index (χ4n) is 2.34. The van der Waals surface area contributed by atoms with Crippen molar-refractivity contribution >= 4 is 15.5 Å². The Hall–Kier alpha value is -1.67. The van der Waals surface area contributed by atoms with E-state index in [0.29, 0.717) is 6.42 Å². The number of benzene rings is 1. The first-order valence-corrected chi connectivity index (χ1v) is 8.09. The van der Waals surface area contributed by atoms with E-state index in [1.165, 1.54) is 18.2 Å². The Morgan fingerprint density at radius 2 is 2.10 bits per heavy atom. The van der Waals surface area contributed by atoms with E-state index in [9.17, 15) is 18.5 Å². The number of nitro benzene ring substituents is 1. The lowest BCUT2D eigenvalue weighted by atomic mass is 10.2. The molecule has 0 heterocycles. The molecule has 20 heavy (non-hydrogen) atoms. The summed E-state index contributed by atoms with van der Waals surface area (Å²) in [6, 6.07) is 3.85. The van der Waals surface area contributed by atoms with Crippen LogP contribution in [0.25, 0.3) is 0 Å². The van der Waals surface area contributed by atoms with Crippen LogP contribution >= 0.6 is 0 Å². The molecule has 0 amide bonds. The fourth-order valence-corrected chi connectivity index (χ4v) is 3.19. The second-order valence-corrected chi connectivity index (χ2v) is 6.87. The van der Waals surface area contributed by atoms with E-state index in [0.717, 1.165) is 19.1 Å². The molecule has 2 rings (SSSR count). The van der Waals surface area contributed by atoms with Gasteiger partial charge in [0.05, 0.1) is 4.92 Å². The number of rotatable bonds is 4. The first-order chi connectivity index (χ1) is 9.30. The van der Waals surface area contributed by atoms with Crippen molar-refractivity contribution in [3.63, 3.8) is 0 Å². The van der Waals surface area contributed by atoms with Gasteiger partial charge in [0.1, 0.15) is 11.0 Å². The third-order valence-electron chi connectivity index (χ3n) is 3.33. The molecule has 0 aliphatic heterocycles. The molecule has 1 aromatic rings. The van der Waals surface area contributed by atoms with Crippen molar-refractivity contribution in [2.45, 2.75) is 36.3 Å². The van der Waals surface area contributed by atoms with E-state index < -0.39 is 20.4 Å². The highest BCUT2D eigenvalue weighted by atomic mass is 32.2. The average molecular weight is 300 g/mol. The van der Waals surface area contributed by atoms with Gasteiger partial charge in [-0.05, 0) is 31.4 Å². The molecule has 1 aliphatic carbocycles. The van der Waals surface area contributed by atoms with E-state index in [1.54, 1.807) is 0 Å². The number of hydrogen-bond donors (Lipinski definition) is 1. The summed E-state index contributed by atoms with van der Waals surface area (Å²) in [6.07, 6.45) is 3.01. The summed E-state index contributed by atoms with van der Waals surface area (Å²) in [5.41, 5.74) is 5.34. The molecule has 0 aromatic heterocycles. The number of ether oxygens (including phenoxy) is 1. The zero-order chi connectivity index (χ0) is 14.9. The number of nitrogens with zero attached hydrogens (tertiary/aromatic N) is 1. The monoisotopic (exact) mass is 300 g/mol. The Kier molecular flexibility index (Phi) is 3.96. The zero-order valence-electron chi connectivity index (χ0n) is 11.0. The van der Waals surface area contributed by atoms with Crippen LogP contribution in [-0.4, -0.2) is 31.7 Å². The molecule has 110 valence electrons. The van der Waals surface area contributed by atoms with E-state index in [4.69, 9.17) is 10.5 Å². The van der Waals surface area contributed by atoms with Gasteiger partial charge in [0.15, 0.2) is 15.6 Å². The predicted molar refractivity (Wildman–Crippen MR) is 72.4 cm³/mol. The van der Waals surface area contributed by atoms with Crippen LogP contribution in [0.2, 0.25) is 0 Å². The smallest absolute Gasteiger partial charge is 0.329 e. The summed E-state index contributed by atoms with van der Waals surface area (Å²) in [5, 5.41) is 11.2. The molecule has 7 nitrogen and oxygen atoms in total. The molecule has 0 saturated heterocycles. The lowest BCUT2D eigenvalue weighted by Gasteiger charge is -2.18. The maximum atomic E-state index is 11.6. The molecule has 0 spiro atoms. The highest BCUT2D eigenvalue weighted by Gasteiger charge is 2.31. The Balaban J connectivity index is 2.45. The predicted octanol–water partition coefficient (Wildman–Crippen LogP) is 1.26. The summed E-state index contributed by atoms with van der Waals surface area (Å²) in [4.78, 5) is 10.1. The molecule has 1 fully saturated rings. The van der Waals surface area contributed by atoms with Crippen molar-refractivity contribution in [3.8, 4) is 5.75 Å². The number of hydrogen-bond acceptors (Lipinski definition) is 6. The van der Waals surface area contributed by atoms with Gasteiger partial charge in [-0.15, -0.1) is 0 Å². The summed E-state index contributed by atoms with van der Waals surface area (Å²) >= 11 is 0. The van der Waals surface area contributed by atoms with Crippen LogP contribution in [0.4, 0.5) is 5.69 Å². The number of nitro groups is 1. The third-order valence-corrected chi connectivity index (χ3v) is 4.45. The maximum absolute atomic E-state index is 11.6. The highest BCUT2D eigenvalue weighted by Crippen LogP contribution is 2.36.